The van der Waals surface area contributed by atoms with Crippen LogP contribution < -0.4 is 30.1 Å². The third-order valence-electron chi connectivity index (χ3n) is 8.50. The van der Waals surface area contributed by atoms with Crippen molar-refractivity contribution in [2.24, 2.45) is 5.41 Å². The predicted octanol–water partition coefficient (Wildman–Crippen LogP) is 6.16. The van der Waals surface area contributed by atoms with E-state index in [-0.39, 0.29) is 48.3 Å². The Labute approximate surface area is 340 Å². The molecule has 1 heterocycles. The second-order valence-electron chi connectivity index (χ2n) is 14.2. The third kappa shape index (κ3) is 14.2. The van der Waals surface area contributed by atoms with Crippen molar-refractivity contribution >= 4 is 39.9 Å². The number of unbranched alkanes of at least 4 members (excludes halogenated alkanes) is 1. The van der Waals surface area contributed by atoms with Crippen LogP contribution in [0.2, 0.25) is 0 Å². The van der Waals surface area contributed by atoms with Gasteiger partial charge in [0.1, 0.15) is 23.9 Å². The molecule has 0 spiro atoms. The van der Waals surface area contributed by atoms with Crippen LogP contribution in [0.3, 0.4) is 0 Å². The van der Waals surface area contributed by atoms with Crippen LogP contribution in [-0.4, -0.2) is 73.8 Å². The number of sulfonamides is 1. The summed E-state index contributed by atoms with van der Waals surface area (Å²) in [6.45, 7) is 18.1. The highest BCUT2D eigenvalue weighted by Gasteiger charge is 2.37. The van der Waals surface area contributed by atoms with Crippen LogP contribution in [0.1, 0.15) is 77.0 Å². The summed E-state index contributed by atoms with van der Waals surface area (Å²) in [5.41, 5.74) is 0.498. The molecule has 0 bridgehead atoms. The summed E-state index contributed by atoms with van der Waals surface area (Å²) in [5, 5.41) is 7.96. The van der Waals surface area contributed by atoms with Crippen molar-refractivity contribution in [2.75, 3.05) is 19.5 Å². The zero-order valence-electron chi connectivity index (χ0n) is 33.7. The molecule has 1 unspecified atom stereocenters. The zero-order chi connectivity index (χ0) is 42.9. The number of amides is 4. The highest BCUT2D eigenvalue weighted by atomic mass is 32.2. The van der Waals surface area contributed by atoms with Crippen molar-refractivity contribution in [1.82, 2.24) is 30.6 Å². The Kier molecular flexibility index (Phi) is 17.6. The molecule has 1 aromatic heterocycles. The number of hydrogen-bond acceptors (Lipinski definition) is 11. The lowest BCUT2D eigenvalue weighted by atomic mass is 9.86. The van der Waals surface area contributed by atoms with Crippen LogP contribution in [0.15, 0.2) is 86.5 Å². The Bertz CT molecular complexity index is 2030. The number of methoxy groups -OCH3 is 1. The Hall–Kier alpha value is -6.03. The first-order valence-corrected chi connectivity index (χ1v) is 20.4. The summed E-state index contributed by atoms with van der Waals surface area (Å²) >= 11 is 0. The lowest BCUT2D eigenvalue weighted by molar-refractivity contribution is -0.133. The first kappa shape index (κ1) is 46.4. The number of hydrogen-bond donors (Lipinski definition) is 4. The van der Waals surface area contributed by atoms with Gasteiger partial charge in [0, 0.05) is 11.1 Å². The van der Waals surface area contributed by atoms with Gasteiger partial charge in [-0.05, 0) is 48.8 Å². The molecule has 0 radical (unpaired) electrons. The van der Waals surface area contributed by atoms with E-state index in [0.717, 1.165) is 5.56 Å². The number of carbonyl (C=O) groups is 4. The Morgan fingerprint density at radius 3 is 2.17 bits per heavy atom. The maximum Gasteiger partial charge on any atom is 0.407 e. The molecule has 0 aliphatic carbocycles. The fraction of sp³-hybridized carbons (Fsp3) is 0.381. The minimum Gasteiger partial charge on any atom is -0.481 e. The highest BCUT2D eigenvalue weighted by molar-refractivity contribution is 7.90. The summed E-state index contributed by atoms with van der Waals surface area (Å²) < 4.78 is 44.2. The molecule has 15 nitrogen and oxygen atoms in total. The van der Waals surface area contributed by atoms with Gasteiger partial charge in [-0.3, -0.25) is 19.1 Å². The lowest BCUT2D eigenvalue weighted by Gasteiger charge is -2.32. The van der Waals surface area contributed by atoms with E-state index in [4.69, 9.17) is 14.2 Å². The molecule has 3 aromatic rings. The normalized spacial score (nSPS) is 12.8. The predicted molar refractivity (Wildman–Crippen MR) is 222 cm³/mol. The Morgan fingerprint density at radius 1 is 0.862 bits per heavy atom. The average Bonchev–Trinajstić information content (AvgIpc) is 3.18. The van der Waals surface area contributed by atoms with Gasteiger partial charge in [-0.1, -0.05) is 95.3 Å². The summed E-state index contributed by atoms with van der Waals surface area (Å²) in [7, 11) is -2.56. The molecule has 4 N–H and O–H groups in total. The van der Waals surface area contributed by atoms with Crippen LogP contribution in [0.4, 0.5) is 4.79 Å². The largest absolute Gasteiger partial charge is 0.481 e. The Morgan fingerprint density at radius 2 is 1.55 bits per heavy atom. The van der Waals surface area contributed by atoms with Crippen LogP contribution >= 0.6 is 0 Å². The SMILES string of the molecule is C=CCCCS(=O)(=O)NC(=O)[C@H](CCC)NC(=O)C(NC(=O)[C@@H](NC(=O)OCCC=C)C(C)(C)C)c1ccc(Oc2cc(OC)nc(-c3ccccc3)n2)c(C=C)c1. The number of aromatic nitrogens is 2. The van der Waals surface area contributed by atoms with E-state index in [9.17, 15) is 27.6 Å². The number of nitrogens with zero attached hydrogens (tertiary/aromatic N) is 2. The van der Waals surface area contributed by atoms with Crippen molar-refractivity contribution in [2.45, 2.75) is 77.9 Å². The number of rotatable bonds is 22. The fourth-order valence-electron chi connectivity index (χ4n) is 5.49. The van der Waals surface area contributed by atoms with Gasteiger partial charge >= 0.3 is 6.09 Å². The summed E-state index contributed by atoms with van der Waals surface area (Å²) in [6, 6.07) is 11.4. The van der Waals surface area contributed by atoms with E-state index in [1.165, 1.54) is 25.3 Å². The minimum atomic E-state index is -4.02. The number of allylic oxidation sites excluding steroid dienone is 1. The van der Waals surface area contributed by atoms with Gasteiger partial charge in [0.15, 0.2) is 5.82 Å². The van der Waals surface area contributed by atoms with Gasteiger partial charge in [0.25, 0.3) is 5.91 Å². The molecule has 0 saturated carbocycles. The van der Waals surface area contributed by atoms with E-state index in [2.05, 4.69) is 50.4 Å². The van der Waals surface area contributed by atoms with Gasteiger partial charge in [0.2, 0.25) is 33.6 Å². The van der Waals surface area contributed by atoms with Crippen molar-refractivity contribution < 1.29 is 41.8 Å². The third-order valence-corrected chi connectivity index (χ3v) is 9.84. The van der Waals surface area contributed by atoms with Crippen LogP contribution in [0, 0.1) is 5.41 Å². The van der Waals surface area contributed by atoms with E-state index in [1.807, 2.05) is 30.3 Å². The second kappa shape index (κ2) is 22.1. The van der Waals surface area contributed by atoms with Gasteiger partial charge in [-0.25, -0.2) is 13.2 Å². The van der Waals surface area contributed by atoms with Crippen molar-refractivity contribution in [3.05, 3.63) is 97.6 Å². The summed E-state index contributed by atoms with van der Waals surface area (Å²) in [5.74, 6) is -1.78. The molecule has 0 fully saturated rings. The number of nitrogens with one attached hydrogen (secondary N) is 4. The van der Waals surface area contributed by atoms with Gasteiger partial charge in [-0.2, -0.15) is 9.97 Å². The molecule has 312 valence electrons. The molecular formula is C42H54N6O9S. The topological polar surface area (TPSA) is 204 Å². The first-order chi connectivity index (χ1) is 27.5. The highest BCUT2D eigenvalue weighted by Crippen LogP contribution is 2.31. The Balaban J connectivity index is 2.04. The van der Waals surface area contributed by atoms with Crippen LogP contribution in [0.25, 0.3) is 17.5 Å². The molecule has 3 rings (SSSR count). The fourth-order valence-corrected chi connectivity index (χ4v) is 6.59. The lowest BCUT2D eigenvalue weighted by Crippen LogP contribution is -2.57. The van der Waals surface area contributed by atoms with Crippen molar-refractivity contribution in [1.29, 1.82) is 0 Å². The zero-order valence-corrected chi connectivity index (χ0v) is 34.5. The molecule has 3 atom stereocenters. The van der Waals surface area contributed by atoms with E-state index >= 15 is 0 Å². The average molecular weight is 819 g/mol. The smallest absolute Gasteiger partial charge is 0.407 e. The molecule has 58 heavy (non-hydrogen) atoms. The number of carbonyl (C=O) groups excluding carboxylic acids is 4. The van der Waals surface area contributed by atoms with Crippen molar-refractivity contribution in [3.8, 4) is 28.9 Å². The van der Waals surface area contributed by atoms with Gasteiger partial charge < -0.3 is 30.2 Å². The van der Waals surface area contributed by atoms with Crippen LogP contribution in [-0.2, 0) is 29.1 Å². The molecular weight excluding hydrogens is 765 g/mol. The van der Waals surface area contributed by atoms with Gasteiger partial charge in [0.05, 0.1) is 25.5 Å². The number of benzene rings is 2. The maximum atomic E-state index is 14.3. The monoisotopic (exact) mass is 818 g/mol. The van der Waals surface area contributed by atoms with E-state index in [1.54, 1.807) is 52.0 Å². The molecule has 0 aliphatic heterocycles. The first-order valence-electron chi connectivity index (χ1n) is 18.8. The maximum absolute atomic E-state index is 14.3. The van der Waals surface area contributed by atoms with Gasteiger partial charge in [-0.15, -0.1) is 13.2 Å². The summed E-state index contributed by atoms with van der Waals surface area (Å²) in [6.07, 6.45) is 5.35. The second-order valence-corrected chi connectivity index (χ2v) is 16.0. The molecule has 4 amide bonds. The molecule has 16 heteroatoms. The number of alkyl carbamates (subject to hydrolysis) is 1. The number of ether oxygens (including phenoxy) is 3. The van der Waals surface area contributed by atoms with E-state index in [0.29, 0.717) is 30.7 Å². The standard InChI is InChI=1S/C42H54N6O9S/c1-9-13-18-25-58(53,54)48-38(49)31(19-11-3)43-39(50)35(46-40(51)36(42(5,6)7)47-41(52)56-24-14-10-2)30-22-23-32(28(12-4)26-30)57-34-27-33(55-8)44-37(45-34)29-20-16-15-17-21-29/h9-10,12,15-17,20-23,26-27,31,35-36H,1-2,4,11,13-14,18-19,24-25H2,3,5-8H3,(H,43,50)(H,46,51)(H,47,52)(H,48,49)/t31-,35?,36+/m0/s1. The molecule has 0 saturated heterocycles. The molecule has 0 aliphatic rings. The minimum absolute atomic E-state index is 0.0395. The quantitative estimate of drug-likeness (QED) is 0.0668. The van der Waals surface area contributed by atoms with Crippen LogP contribution in [0.5, 0.6) is 17.5 Å². The van der Waals surface area contributed by atoms with Crippen molar-refractivity contribution in [3.63, 3.8) is 0 Å². The molecule has 2 aromatic carbocycles. The van der Waals surface area contributed by atoms with E-state index < -0.39 is 57.4 Å². The summed E-state index contributed by atoms with van der Waals surface area (Å²) in [4.78, 5) is 63.3.